The third kappa shape index (κ3) is 4.62. The van der Waals surface area contributed by atoms with Gasteiger partial charge in [0.1, 0.15) is 5.69 Å². The van der Waals surface area contributed by atoms with E-state index in [1.807, 2.05) is 11.0 Å². The first kappa shape index (κ1) is 18.8. The fraction of sp³-hybridized carbons (Fsp3) is 0.350. The summed E-state index contributed by atoms with van der Waals surface area (Å²) >= 11 is 0. The second kappa shape index (κ2) is 8.64. The first-order valence-electron chi connectivity index (χ1n) is 9.04. The molecule has 27 heavy (non-hydrogen) atoms. The monoisotopic (exact) mass is 368 g/mol. The van der Waals surface area contributed by atoms with Crippen molar-refractivity contribution in [3.63, 3.8) is 0 Å². The van der Waals surface area contributed by atoms with E-state index < -0.39 is 5.97 Å². The molecule has 1 aromatic carbocycles. The van der Waals surface area contributed by atoms with Crippen molar-refractivity contribution in [3.05, 3.63) is 53.9 Å². The fourth-order valence-corrected chi connectivity index (χ4v) is 3.06. The molecule has 3 rings (SSSR count). The van der Waals surface area contributed by atoms with E-state index in [0.717, 1.165) is 31.0 Å². The number of piperazine rings is 1. The summed E-state index contributed by atoms with van der Waals surface area (Å²) in [5, 5.41) is 3.21. The molecule has 1 aliphatic rings. The van der Waals surface area contributed by atoms with Crippen molar-refractivity contribution in [2.75, 3.05) is 45.2 Å². The molecular weight excluding hydrogens is 344 g/mol. The SMILES string of the molecule is CCN1CCN(C(=O)c2cc(Nc3cccc(C(=O)OC)c3)ccn2)CC1. The summed E-state index contributed by atoms with van der Waals surface area (Å²) in [5.74, 6) is -0.451. The molecule has 0 atom stereocenters. The molecule has 2 heterocycles. The van der Waals surface area contributed by atoms with E-state index >= 15 is 0 Å². The number of carbonyl (C=O) groups is 2. The van der Waals surface area contributed by atoms with E-state index in [9.17, 15) is 9.59 Å². The topological polar surface area (TPSA) is 74.8 Å². The van der Waals surface area contributed by atoms with Gasteiger partial charge < -0.3 is 19.9 Å². The van der Waals surface area contributed by atoms with Crippen LogP contribution in [0.2, 0.25) is 0 Å². The van der Waals surface area contributed by atoms with Gasteiger partial charge in [-0.3, -0.25) is 9.78 Å². The van der Waals surface area contributed by atoms with Crippen molar-refractivity contribution in [1.82, 2.24) is 14.8 Å². The van der Waals surface area contributed by atoms with Gasteiger partial charge in [-0.05, 0) is 36.9 Å². The van der Waals surface area contributed by atoms with Crippen LogP contribution in [0.15, 0.2) is 42.6 Å². The molecule has 1 amide bonds. The highest BCUT2D eigenvalue weighted by atomic mass is 16.5. The summed E-state index contributed by atoms with van der Waals surface area (Å²) in [6.07, 6.45) is 1.61. The highest BCUT2D eigenvalue weighted by Gasteiger charge is 2.22. The molecule has 1 aromatic heterocycles. The molecule has 142 valence electrons. The lowest BCUT2D eigenvalue weighted by Gasteiger charge is -2.33. The Labute approximate surface area is 158 Å². The van der Waals surface area contributed by atoms with Gasteiger partial charge in [-0.25, -0.2) is 4.79 Å². The number of hydrogen-bond donors (Lipinski definition) is 1. The van der Waals surface area contributed by atoms with Crippen LogP contribution >= 0.6 is 0 Å². The minimum Gasteiger partial charge on any atom is -0.465 e. The molecule has 0 saturated carbocycles. The van der Waals surface area contributed by atoms with Crippen molar-refractivity contribution in [3.8, 4) is 0 Å². The van der Waals surface area contributed by atoms with Crippen LogP contribution in [0.3, 0.4) is 0 Å². The summed E-state index contributed by atoms with van der Waals surface area (Å²) in [6, 6.07) is 10.5. The Kier molecular flexibility index (Phi) is 6.03. The van der Waals surface area contributed by atoms with Crippen molar-refractivity contribution >= 4 is 23.3 Å². The largest absolute Gasteiger partial charge is 0.465 e. The zero-order valence-electron chi connectivity index (χ0n) is 15.6. The number of nitrogens with one attached hydrogen (secondary N) is 1. The van der Waals surface area contributed by atoms with Crippen molar-refractivity contribution in [1.29, 1.82) is 0 Å². The lowest BCUT2D eigenvalue weighted by atomic mass is 10.2. The predicted octanol–water partition coefficient (Wildman–Crippen LogP) is 2.39. The smallest absolute Gasteiger partial charge is 0.337 e. The minimum absolute atomic E-state index is 0.0577. The quantitative estimate of drug-likeness (QED) is 0.817. The number of rotatable bonds is 5. The van der Waals surface area contributed by atoms with Crippen LogP contribution in [0.1, 0.15) is 27.8 Å². The summed E-state index contributed by atoms with van der Waals surface area (Å²) in [6.45, 7) is 6.34. The number of carbonyl (C=O) groups excluding carboxylic acids is 2. The van der Waals surface area contributed by atoms with E-state index in [1.165, 1.54) is 7.11 Å². The van der Waals surface area contributed by atoms with Crippen LogP contribution in [0.5, 0.6) is 0 Å². The fourth-order valence-electron chi connectivity index (χ4n) is 3.06. The molecule has 1 fully saturated rings. The van der Waals surface area contributed by atoms with Crippen LogP contribution < -0.4 is 5.32 Å². The van der Waals surface area contributed by atoms with Gasteiger partial charge in [0.05, 0.1) is 12.7 Å². The molecule has 1 aliphatic heterocycles. The number of pyridine rings is 1. The van der Waals surface area contributed by atoms with Gasteiger partial charge in [0.15, 0.2) is 0 Å². The molecule has 7 heteroatoms. The Morgan fingerprint density at radius 1 is 1.11 bits per heavy atom. The molecule has 7 nitrogen and oxygen atoms in total. The third-order valence-electron chi connectivity index (χ3n) is 4.66. The summed E-state index contributed by atoms with van der Waals surface area (Å²) in [4.78, 5) is 32.8. The molecule has 1 N–H and O–H groups in total. The molecule has 0 bridgehead atoms. The van der Waals surface area contributed by atoms with Crippen LogP contribution in [0, 0.1) is 0 Å². The number of methoxy groups -OCH3 is 1. The Morgan fingerprint density at radius 3 is 2.56 bits per heavy atom. The number of nitrogens with zero attached hydrogens (tertiary/aromatic N) is 3. The Hall–Kier alpha value is -2.93. The summed E-state index contributed by atoms with van der Waals surface area (Å²) in [7, 11) is 1.35. The molecule has 2 aromatic rings. The zero-order chi connectivity index (χ0) is 19.2. The first-order valence-corrected chi connectivity index (χ1v) is 9.04. The Morgan fingerprint density at radius 2 is 1.85 bits per heavy atom. The van der Waals surface area contributed by atoms with E-state index in [0.29, 0.717) is 24.3 Å². The van der Waals surface area contributed by atoms with Gasteiger partial charge in [-0.2, -0.15) is 0 Å². The predicted molar refractivity (Wildman–Crippen MR) is 103 cm³/mol. The number of amides is 1. The van der Waals surface area contributed by atoms with Gasteiger partial charge >= 0.3 is 5.97 Å². The normalized spacial score (nSPS) is 14.7. The standard InChI is InChI=1S/C20H24N4O3/c1-3-23-9-11-24(12-10-23)19(25)18-14-17(7-8-21-18)22-16-6-4-5-15(13-16)20(26)27-2/h4-8,13-14H,3,9-12H2,1-2H3,(H,21,22). The van der Waals surface area contributed by atoms with Gasteiger partial charge in [0.25, 0.3) is 5.91 Å². The average molecular weight is 368 g/mol. The summed E-state index contributed by atoms with van der Waals surface area (Å²) in [5.41, 5.74) is 2.34. The minimum atomic E-state index is -0.393. The average Bonchev–Trinajstić information content (AvgIpc) is 2.73. The second-order valence-electron chi connectivity index (χ2n) is 6.35. The zero-order valence-corrected chi connectivity index (χ0v) is 15.6. The van der Waals surface area contributed by atoms with Gasteiger partial charge in [-0.1, -0.05) is 13.0 Å². The first-order chi connectivity index (χ1) is 13.1. The van der Waals surface area contributed by atoms with Crippen molar-refractivity contribution in [2.45, 2.75) is 6.92 Å². The van der Waals surface area contributed by atoms with Gasteiger partial charge in [0.2, 0.25) is 0 Å². The Balaban J connectivity index is 1.70. The van der Waals surface area contributed by atoms with Gasteiger partial charge in [0, 0.05) is 43.8 Å². The maximum absolute atomic E-state index is 12.7. The number of esters is 1. The van der Waals surface area contributed by atoms with E-state index in [-0.39, 0.29) is 5.91 Å². The number of hydrogen-bond acceptors (Lipinski definition) is 6. The molecule has 0 radical (unpaired) electrons. The number of likely N-dealkylation sites (N-methyl/N-ethyl adjacent to an activating group) is 1. The molecule has 0 spiro atoms. The van der Waals surface area contributed by atoms with E-state index in [4.69, 9.17) is 4.74 Å². The van der Waals surface area contributed by atoms with Crippen molar-refractivity contribution in [2.24, 2.45) is 0 Å². The number of ether oxygens (including phenoxy) is 1. The highest BCUT2D eigenvalue weighted by molar-refractivity contribution is 5.93. The lowest BCUT2D eigenvalue weighted by molar-refractivity contribution is 0.0599. The Bertz CT molecular complexity index is 816. The second-order valence-corrected chi connectivity index (χ2v) is 6.35. The van der Waals surface area contributed by atoms with Crippen LogP contribution in [0.4, 0.5) is 11.4 Å². The van der Waals surface area contributed by atoms with E-state index in [2.05, 4.69) is 22.1 Å². The third-order valence-corrected chi connectivity index (χ3v) is 4.66. The molecule has 1 saturated heterocycles. The van der Waals surface area contributed by atoms with Crippen molar-refractivity contribution < 1.29 is 14.3 Å². The lowest BCUT2D eigenvalue weighted by Crippen LogP contribution is -2.48. The number of anilines is 2. The number of benzene rings is 1. The van der Waals surface area contributed by atoms with E-state index in [1.54, 1.807) is 36.5 Å². The maximum Gasteiger partial charge on any atom is 0.337 e. The highest BCUT2D eigenvalue weighted by Crippen LogP contribution is 2.19. The summed E-state index contributed by atoms with van der Waals surface area (Å²) < 4.78 is 4.74. The number of aromatic nitrogens is 1. The van der Waals surface area contributed by atoms with Crippen LogP contribution in [-0.4, -0.2) is 66.5 Å². The van der Waals surface area contributed by atoms with Crippen LogP contribution in [-0.2, 0) is 4.74 Å². The van der Waals surface area contributed by atoms with Crippen LogP contribution in [0.25, 0.3) is 0 Å². The maximum atomic E-state index is 12.7. The van der Waals surface area contributed by atoms with Gasteiger partial charge in [-0.15, -0.1) is 0 Å². The molecule has 0 unspecified atom stereocenters. The molecule has 0 aliphatic carbocycles. The molecular formula is C20H24N4O3.